The van der Waals surface area contributed by atoms with Crippen LogP contribution in [-0.4, -0.2) is 28.0 Å². The first-order chi connectivity index (χ1) is 9.69. The van der Waals surface area contributed by atoms with Crippen LogP contribution in [0.5, 0.6) is 0 Å². The number of amides is 1. The number of aromatic nitrogens is 2. The van der Waals surface area contributed by atoms with E-state index in [4.69, 9.17) is 4.74 Å². The van der Waals surface area contributed by atoms with E-state index in [2.05, 4.69) is 10.3 Å². The highest BCUT2D eigenvalue weighted by Crippen LogP contribution is 2.26. The molecular formula is C14H15N3O3. The van der Waals surface area contributed by atoms with Gasteiger partial charge in [0.1, 0.15) is 0 Å². The third-order valence-electron chi connectivity index (χ3n) is 3.38. The Labute approximate surface area is 115 Å². The lowest BCUT2D eigenvalue weighted by molar-refractivity contribution is -0.146. The van der Waals surface area contributed by atoms with Crippen LogP contribution >= 0.6 is 0 Å². The Hall–Kier alpha value is -2.37. The molecule has 1 aliphatic heterocycles. The van der Waals surface area contributed by atoms with Crippen molar-refractivity contribution in [1.82, 2.24) is 9.55 Å². The molecule has 1 atom stereocenters. The third kappa shape index (κ3) is 2.13. The normalized spacial score (nSPS) is 17.6. The van der Waals surface area contributed by atoms with Gasteiger partial charge in [-0.1, -0.05) is 12.1 Å². The zero-order valence-corrected chi connectivity index (χ0v) is 11.1. The van der Waals surface area contributed by atoms with Gasteiger partial charge in [-0.2, -0.15) is 0 Å². The molecule has 0 aliphatic carbocycles. The summed E-state index contributed by atoms with van der Waals surface area (Å²) < 4.78 is 6.84. The predicted molar refractivity (Wildman–Crippen MR) is 73.1 cm³/mol. The Balaban J connectivity index is 1.89. The molecule has 3 rings (SSSR count). The van der Waals surface area contributed by atoms with Gasteiger partial charge in [0.25, 0.3) is 0 Å². The highest BCUT2D eigenvalue weighted by molar-refractivity contribution is 5.96. The number of fused-ring (bicyclic) bond motifs is 3. The van der Waals surface area contributed by atoms with Crippen LogP contribution in [0.3, 0.4) is 0 Å². The second kappa shape index (κ2) is 4.96. The molecule has 2 heterocycles. The highest BCUT2D eigenvalue weighted by Gasteiger charge is 2.30. The minimum absolute atomic E-state index is 0.0889. The Morgan fingerprint density at radius 1 is 1.50 bits per heavy atom. The first kappa shape index (κ1) is 12.7. The molecule has 1 unspecified atom stereocenters. The molecule has 104 valence electrons. The number of rotatable bonds is 3. The number of hydrogen-bond donors (Lipinski definition) is 1. The second-order valence-corrected chi connectivity index (χ2v) is 4.73. The average molecular weight is 273 g/mol. The SMILES string of the molecule is CCOC(=O)CC1Cn2c(nc3ccccc32)NC1=O. The maximum atomic E-state index is 12.0. The average Bonchev–Trinajstić information content (AvgIpc) is 2.77. The van der Waals surface area contributed by atoms with Gasteiger partial charge in [-0.25, -0.2) is 4.98 Å². The van der Waals surface area contributed by atoms with Gasteiger partial charge < -0.3 is 9.30 Å². The molecule has 0 bridgehead atoms. The first-order valence-corrected chi connectivity index (χ1v) is 6.60. The van der Waals surface area contributed by atoms with Crippen molar-refractivity contribution in [2.45, 2.75) is 19.9 Å². The highest BCUT2D eigenvalue weighted by atomic mass is 16.5. The molecular weight excluding hydrogens is 258 g/mol. The van der Waals surface area contributed by atoms with Crippen molar-refractivity contribution in [1.29, 1.82) is 0 Å². The van der Waals surface area contributed by atoms with E-state index in [0.29, 0.717) is 19.1 Å². The Bertz CT molecular complexity index is 677. The number of nitrogens with zero attached hydrogens (tertiary/aromatic N) is 2. The van der Waals surface area contributed by atoms with Gasteiger partial charge in [-0.3, -0.25) is 14.9 Å². The van der Waals surface area contributed by atoms with E-state index in [1.807, 2.05) is 28.8 Å². The van der Waals surface area contributed by atoms with Crippen molar-refractivity contribution in [3.63, 3.8) is 0 Å². The molecule has 1 aromatic heterocycles. The van der Waals surface area contributed by atoms with Crippen LogP contribution in [0.25, 0.3) is 11.0 Å². The zero-order chi connectivity index (χ0) is 14.1. The molecule has 0 saturated carbocycles. The van der Waals surface area contributed by atoms with E-state index < -0.39 is 5.92 Å². The summed E-state index contributed by atoms with van der Waals surface area (Å²) in [5, 5.41) is 2.75. The van der Waals surface area contributed by atoms with Crippen LogP contribution in [0.15, 0.2) is 24.3 Å². The minimum atomic E-state index is -0.417. The molecule has 0 saturated heterocycles. The Morgan fingerprint density at radius 2 is 2.30 bits per heavy atom. The van der Waals surface area contributed by atoms with Crippen LogP contribution in [-0.2, 0) is 20.9 Å². The molecule has 6 heteroatoms. The van der Waals surface area contributed by atoms with Crippen molar-refractivity contribution in [2.75, 3.05) is 11.9 Å². The number of para-hydroxylation sites is 2. The third-order valence-corrected chi connectivity index (χ3v) is 3.38. The lowest BCUT2D eigenvalue weighted by Crippen LogP contribution is -2.35. The summed E-state index contributed by atoms with van der Waals surface area (Å²) in [6.45, 7) is 2.52. The summed E-state index contributed by atoms with van der Waals surface area (Å²) in [6.07, 6.45) is 0.0889. The smallest absolute Gasteiger partial charge is 0.306 e. The van der Waals surface area contributed by atoms with Gasteiger partial charge in [0.05, 0.1) is 30.0 Å². The van der Waals surface area contributed by atoms with Gasteiger partial charge >= 0.3 is 5.97 Å². The van der Waals surface area contributed by atoms with Gasteiger partial charge in [-0.05, 0) is 19.1 Å². The summed E-state index contributed by atoms with van der Waals surface area (Å²) in [4.78, 5) is 27.9. The van der Waals surface area contributed by atoms with E-state index in [-0.39, 0.29) is 18.3 Å². The van der Waals surface area contributed by atoms with E-state index in [9.17, 15) is 9.59 Å². The van der Waals surface area contributed by atoms with E-state index in [0.717, 1.165) is 11.0 Å². The molecule has 1 N–H and O–H groups in total. The van der Waals surface area contributed by atoms with Crippen LogP contribution < -0.4 is 5.32 Å². The van der Waals surface area contributed by atoms with Crippen molar-refractivity contribution in [3.8, 4) is 0 Å². The molecule has 20 heavy (non-hydrogen) atoms. The largest absolute Gasteiger partial charge is 0.466 e. The van der Waals surface area contributed by atoms with Crippen LogP contribution in [0.2, 0.25) is 0 Å². The topological polar surface area (TPSA) is 73.2 Å². The summed E-state index contributed by atoms with van der Waals surface area (Å²) in [5.74, 6) is -0.406. The molecule has 0 radical (unpaired) electrons. The predicted octanol–water partition coefficient (Wildman–Crippen LogP) is 1.56. The summed E-state index contributed by atoms with van der Waals surface area (Å²) in [7, 11) is 0. The lowest BCUT2D eigenvalue weighted by Gasteiger charge is -2.23. The maximum absolute atomic E-state index is 12.0. The van der Waals surface area contributed by atoms with Gasteiger partial charge in [0.15, 0.2) is 0 Å². The fourth-order valence-electron chi connectivity index (χ4n) is 2.45. The fraction of sp³-hybridized carbons (Fsp3) is 0.357. The molecule has 1 amide bonds. The molecule has 2 aromatic rings. The van der Waals surface area contributed by atoms with Crippen molar-refractivity contribution in [2.24, 2.45) is 5.92 Å². The number of hydrogen-bond acceptors (Lipinski definition) is 4. The van der Waals surface area contributed by atoms with Gasteiger partial charge in [0, 0.05) is 6.54 Å². The molecule has 0 fully saturated rings. The standard InChI is InChI=1S/C14H15N3O3/c1-2-20-12(18)7-9-8-17-11-6-4-3-5-10(11)15-14(17)16-13(9)19/h3-6,9H,2,7-8H2,1H3,(H,15,16,19). The number of benzene rings is 1. The summed E-state index contributed by atoms with van der Waals surface area (Å²) >= 11 is 0. The van der Waals surface area contributed by atoms with Crippen molar-refractivity contribution >= 4 is 28.9 Å². The zero-order valence-electron chi connectivity index (χ0n) is 11.1. The van der Waals surface area contributed by atoms with Crippen molar-refractivity contribution < 1.29 is 14.3 Å². The van der Waals surface area contributed by atoms with E-state index in [1.165, 1.54) is 0 Å². The molecule has 1 aromatic carbocycles. The number of esters is 1. The quantitative estimate of drug-likeness (QED) is 0.861. The Morgan fingerprint density at radius 3 is 3.10 bits per heavy atom. The van der Waals surface area contributed by atoms with Crippen LogP contribution in [0.4, 0.5) is 5.95 Å². The van der Waals surface area contributed by atoms with Gasteiger partial charge in [-0.15, -0.1) is 0 Å². The van der Waals surface area contributed by atoms with Gasteiger partial charge in [0.2, 0.25) is 11.9 Å². The number of ether oxygens (including phenoxy) is 1. The number of carbonyl (C=O) groups excluding carboxylic acids is 2. The second-order valence-electron chi connectivity index (χ2n) is 4.73. The van der Waals surface area contributed by atoms with E-state index >= 15 is 0 Å². The maximum Gasteiger partial charge on any atom is 0.306 e. The van der Waals surface area contributed by atoms with Crippen LogP contribution in [0, 0.1) is 5.92 Å². The lowest BCUT2D eigenvalue weighted by atomic mass is 10.0. The first-order valence-electron chi connectivity index (χ1n) is 6.60. The monoisotopic (exact) mass is 273 g/mol. The molecule has 6 nitrogen and oxygen atoms in total. The number of nitrogens with one attached hydrogen (secondary N) is 1. The molecule has 1 aliphatic rings. The minimum Gasteiger partial charge on any atom is -0.466 e. The fourth-order valence-corrected chi connectivity index (χ4v) is 2.45. The Kier molecular flexibility index (Phi) is 3.14. The summed E-state index contributed by atoms with van der Waals surface area (Å²) in [6, 6.07) is 7.67. The van der Waals surface area contributed by atoms with E-state index in [1.54, 1.807) is 6.92 Å². The summed E-state index contributed by atoms with van der Waals surface area (Å²) in [5.41, 5.74) is 1.79. The number of carbonyl (C=O) groups is 2. The molecule has 0 spiro atoms. The number of anilines is 1. The van der Waals surface area contributed by atoms with Crippen LogP contribution in [0.1, 0.15) is 13.3 Å². The van der Waals surface area contributed by atoms with Crippen molar-refractivity contribution in [3.05, 3.63) is 24.3 Å². The number of imidazole rings is 1.